The molecule has 1 N–H and O–H groups in total. The SMILES string of the molecule is Cc1cc(C(=O)OC(C)C(F)(F)F)c2oc(CNC(=O)c3cnn4cccnc34)c(Cl)c2c1. The van der Waals surface area contributed by atoms with Crippen LogP contribution in [0.1, 0.15) is 39.0 Å². The lowest BCUT2D eigenvalue weighted by molar-refractivity contribution is -0.198. The topological polar surface area (TPSA) is 98.7 Å². The van der Waals surface area contributed by atoms with Crippen molar-refractivity contribution >= 4 is 40.1 Å². The maximum atomic E-state index is 12.8. The Hall–Kier alpha value is -3.60. The second-order valence-electron chi connectivity index (χ2n) is 7.25. The summed E-state index contributed by atoms with van der Waals surface area (Å²) in [6.07, 6.45) is -2.49. The van der Waals surface area contributed by atoms with Crippen molar-refractivity contribution in [1.29, 1.82) is 0 Å². The van der Waals surface area contributed by atoms with E-state index >= 15 is 0 Å². The lowest BCUT2D eigenvalue weighted by Gasteiger charge is -2.16. The molecule has 0 aliphatic rings. The van der Waals surface area contributed by atoms with Crippen molar-refractivity contribution in [3.63, 3.8) is 0 Å². The maximum Gasteiger partial charge on any atom is 0.425 e. The van der Waals surface area contributed by atoms with Gasteiger partial charge in [-0.25, -0.2) is 14.3 Å². The van der Waals surface area contributed by atoms with E-state index < -0.39 is 24.2 Å². The number of esters is 1. The number of hydrogen-bond donors (Lipinski definition) is 1. The van der Waals surface area contributed by atoms with Gasteiger partial charge in [0.25, 0.3) is 5.91 Å². The highest BCUT2D eigenvalue weighted by atomic mass is 35.5. The minimum absolute atomic E-state index is 0.0353. The van der Waals surface area contributed by atoms with E-state index in [-0.39, 0.29) is 34.0 Å². The van der Waals surface area contributed by atoms with E-state index in [1.165, 1.54) is 23.0 Å². The number of ether oxygens (including phenoxy) is 1. The predicted octanol–water partition coefficient (Wildman–Crippen LogP) is 4.47. The quantitative estimate of drug-likeness (QED) is 0.423. The van der Waals surface area contributed by atoms with Crippen LogP contribution in [0, 0.1) is 6.92 Å². The van der Waals surface area contributed by atoms with Crippen molar-refractivity contribution in [2.45, 2.75) is 32.7 Å². The number of rotatable bonds is 5. The van der Waals surface area contributed by atoms with Crippen LogP contribution in [0.2, 0.25) is 5.02 Å². The molecule has 0 fully saturated rings. The Morgan fingerprint density at radius 2 is 2.06 bits per heavy atom. The summed E-state index contributed by atoms with van der Waals surface area (Å²) in [6.45, 7) is 2.23. The first-order chi connectivity index (χ1) is 15.6. The molecule has 1 aromatic carbocycles. The van der Waals surface area contributed by atoms with Crippen LogP contribution >= 0.6 is 11.6 Å². The molecule has 3 heterocycles. The van der Waals surface area contributed by atoms with Gasteiger partial charge in [0.2, 0.25) is 0 Å². The van der Waals surface area contributed by atoms with E-state index in [0.29, 0.717) is 16.6 Å². The van der Waals surface area contributed by atoms with Gasteiger partial charge in [-0.2, -0.15) is 18.3 Å². The van der Waals surface area contributed by atoms with Crippen LogP contribution in [0.5, 0.6) is 0 Å². The number of aromatic nitrogens is 3. The zero-order valence-electron chi connectivity index (χ0n) is 17.2. The van der Waals surface area contributed by atoms with Crippen LogP contribution in [0.4, 0.5) is 13.2 Å². The highest BCUT2D eigenvalue weighted by molar-refractivity contribution is 6.36. The van der Waals surface area contributed by atoms with Gasteiger partial charge in [-0.1, -0.05) is 11.6 Å². The summed E-state index contributed by atoms with van der Waals surface area (Å²) in [5, 5.41) is 7.10. The van der Waals surface area contributed by atoms with Crippen LogP contribution in [0.25, 0.3) is 16.6 Å². The molecule has 1 atom stereocenters. The molecule has 1 unspecified atom stereocenters. The molecule has 1 amide bonds. The average molecular weight is 481 g/mol. The van der Waals surface area contributed by atoms with Crippen molar-refractivity contribution in [2.75, 3.05) is 0 Å². The summed E-state index contributed by atoms with van der Waals surface area (Å²) in [6, 6.07) is 4.63. The van der Waals surface area contributed by atoms with Gasteiger partial charge >= 0.3 is 12.1 Å². The number of carbonyl (C=O) groups is 2. The molecule has 4 rings (SSSR count). The van der Waals surface area contributed by atoms with E-state index in [9.17, 15) is 22.8 Å². The Morgan fingerprint density at radius 3 is 2.79 bits per heavy atom. The van der Waals surface area contributed by atoms with Crippen molar-refractivity contribution in [1.82, 2.24) is 19.9 Å². The monoisotopic (exact) mass is 480 g/mol. The van der Waals surface area contributed by atoms with Crippen molar-refractivity contribution in [2.24, 2.45) is 0 Å². The molecule has 0 saturated carbocycles. The molecule has 8 nitrogen and oxygen atoms in total. The molecule has 172 valence electrons. The molecule has 0 saturated heterocycles. The predicted molar refractivity (Wildman–Crippen MR) is 111 cm³/mol. The molecule has 4 aromatic rings. The smallest absolute Gasteiger partial charge is 0.425 e. The van der Waals surface area contributed by atoms with E-state index in [0.717, 1.165) is 6.92 Å². The molecule has 0 bridgehead atoms. The van der Waals surface area contributed by atoms with Crippen LogP contribution in [0.3, 0.4) is 0 Å². The number of furan rings is 1. The maximum absolute atomic E-state index is 12.8. The summed E-state index contributed by atoms with van der Waals surface area (Å²) in [5.41, 5.74) is 0.901. The highest BCUT2D eigenvalue weighted by Gasteiger charge is 2.39. The van der Waals surface area contributed by atoms with Crippen molar-refractivity contribution < 1.29 is 31.9 Å². The molecule has 3 aromatic heterocycles. The van der Waals surface area contributed by atoms with E-state index in [1.54, 1.807) is 25.3 Å². The number of amides is 1. The second-order valence-corrected chi connectivity index (χ2v) is 7.62. The molecule has 0 spiro atoms. The standard InChI is InChI=1S/C21H16ClF3N4O4/c1-10-6-12-16(22)15(9-27-19(30)14-8-28-29-5-3-4-26-18(14)29)33-17(12)13(7-10)20(31)32-11(2)21(23,24)25/h3-8,11H,9H2,1-2H3,(H,27,30). The van der Waals surface area contributed by atoms with Crippen LogP contribution in [0.15, 0.2) is 41.2 Å². The lowest BCUT2D eigenvalue weighted by atomic mass is 10.1. The average Bonchev–Trinajstić information content (AvgIpc) is 3.32. The molecule has 0 aliphatic heterocycles. The zero-order chi connectivity index (χ0) is 23.9. The Kier molecular flexibility index (Phi) is 5.75. The molecular formula is C21H16ClF3N4O4. The Morgan fingerprint density at radius 1 is 1.30 bits per heavy atom. The minimum atomic E-state index is -4.71. The fourth-order valence-electron chi connectivity index (χ4n) is 3.16. The third kappa shape index (κ3) is 4.36. The van der Waals surface area contributed by atoms with E-state index in [1.807, 2.05) is 0 Å². The summed E-state index contributed by atoms with van der Waals surface area (Å²) in [5.74, 6) is -1.57. The molecule has 0 radical (unpaired) electrons. The highest BCUT2D eigenvalue weighted by Crippen LogP contribution is 2.34. The number of fused-ring (bicyclic) bond motifs is 2. The lowest BCUT2D eigenvalue weighted by Crippen LogP contribution is -2.30. The largest absolute Gasteiger partial charge is 0.457 e. The summed E-state index contributed by atoms with van der Waals surface area (Å²) in [7, 11) is 0. The van der Waals surface area contributed by atoms with Gasteiger partial charge in [0.05, 0.1) is 17.8 Å². The Balaban J connectivity index is 1.60. The summed E-state index contributed by atoms with van der Waals surface area (Å²) < 4.78 is 50.1. The summed E-state index contributed by atoms with van der Waals surface area (Å²) >= 11 is 6.38. The van der Waals surface area contributed by atoms with Gasteiger partial charge < -0.3 is 14.5 Å². The first-order valence-electron chi connectivity index (χ1n) is 9.62. The number of alkyl halides is 3. The van der Waals surface area contributed by atoms with Gasteiger partial charge in [-0.15, -0.1) is 0 Å². The molecular weight excluding hydrogens is 465 g/mol. The van der Waals surface area contributed by atoms with Crippen LogP contribution in [-0.2, 0) is 11.3 Å². The normalized spacial score (nSPS) is 12.8. The van der Waals surface area contributed by atoms with Crippen molar-refractivity contribution in [3.05, 3.63) is 64.3 Å². The fraction of sp³-hybridized carbons (Fsp3) is 0.238. The Labute approximate surface area is 189 Å². The molecule has 0 aliphatic carbocycles. The van der Waals surface area contributed by atoms with E-state index in [4.69, 9.17) is 16.0 Å². The van der Waals surface area contributed by atoms with Gasteiger partial charge in [0.15, 0.2) is 17.3 Å². The molecule has 33 heavy (non-hydrogen) atoms. The second kappa shape index (κ2) is 8.39. The van der Waals surface area contributed by atoms with Crippen LogP contribution in [-0.4, -0.2) is 38.8 Å². The zero-order valence-corrected chi connectivity index (χ0v) is 18.0. The minimum Gasteiger partial charge on any atom is -0.457 e. The van der Waals surface area contributed by atoms with Gasteiger partial charge in [-0.05, 0) is 37.6 Å². The number of nitrogens with one attached hydrogen (secondary N) is 1. The van der Waals surface area contributed by atoms with E-state index in [2.05, 4.69) is 20.1 Å². The Bertz CT molecular complexity index is 1380. The van der Waals surface area contributed by atoms with Gasteiger partial charge in [0, 0.05) is 17.8 Å². The third-order valence-electron chi connectivity index (χ3n) is 4.84. The van der Waals surface area contributed by atoms with Gasteiger partial charge in [-0.3, -0.25) is 4.79 Å². The van der Waals surface area contributed by atoms with Crippen molar-refractivity contribution in [3.8, 4) is 0 Å². The summed E-state index contributed by atoms with van der Waals surface area (Å²) in [4.78, 5) is 29.1. The number of hydrogen-bond acceptors (Lipinski definition) is 6. The fourth-order valence-corrected chi connectivity index (χ4v) is 3.41. The van der Waals surface area contributed by atoms with Crippen LogP contribution < -0.4 is 5.32 Å². The number of nitrogens with zero attached hydrogens (tertiary/aromatic N) is 3. The first-order valence-corrected chi connectivity index (χ1v) is 10.00. The molecule has 12 heteroatoms. The third-order valence-corrected chi connectivity index (χ3v) is 5.25. The number of aryl methyl sites for hydroxylation is 1. The first kappa shape index (κ1) is 22.6. The van der Waals surface area contributed by atoms with Gasteiger partial charge in [0.1, 0.15) is 16.9 Å². The number of carbonyl (C=O) groups excluding carboxylic acids is 2. The number of halogens is 4. The number of benzene rings is 1.